The van der Waals surface area contributed by atoms with Gasteiger partial charge in [0.1, 0.15) is 0 Å². The highest BCUT2D eigenvalue weighted by Crippen LogP contribution is 2.36. The van der Waals surface area contributed by atoms with Crippen molar-refractivity contribution in [1.29, 1.82) is 0 Å². The number of rotatable bonds is 5. The number of amides is 1. The van der Waals surface area contributed by atoms with Gasteiger partial charge in [0.05, 0.1) is 11.1 Å². The molecular formula is C15H22N2O4. The minimum Gasteiger partial charge on any atom is -0.481 e. The molecule has 1 heterocycles. The van der Waals surface area contributed by atoms with Crippen LogP contribution in [0.25, 0.3) is 0 Å². The van der Waals surface area contributed by atoms with Crippen molar-refractivity contribution >= 4 is 11.9 Å². The summed E-state index contributed by atoms with van der Waals surface area (Å²) in [6.45, 7) is 4.06. The van der Waals surface area contributed by atoms with Crippen LogP contribution < -0.4 is 5.32 Å². The predicted octanol–water partition coefficient (Wildman–Crippen LogP) is 2.56. The lowest BCUT2D eigenvalue weighted by molar-refractivity contribution is -0.150. The van der Waals surface area contributed by atoms with Crippen LogP contribution in [0.15, 0.2) is 10.6 Å². The van der Waals surface area contributed by atoms with Gasteiger partial charge in [0.2, 0.25) is 5.76 Å². The maximum atomic E-state index is 12.1. The van der Waals surface area contributed by atoms with Gasteiger partial charge in [-0.25, -0.2) is 0 Å². The number of nitrogens with one attached hydrogen (secondary N) is 1. The van der Waals surface area contributed by atoms with Crippen molar-refractivity contribution < 1.29 is 19.2 Å². The van der Waals surface area contributed by atoms with Gasteiger partial charge >= 0.3 is 5.97 Å². The lowest BCUT2D eigenvalue weighted by atomic mass is 9.74. The molecule has 1 aromatic rings. The molecule has 0 radical (unpaired) electrons. The summed E-state index contributed by atoms with van der Waals surface area (Å²) >= 11 is 0. The van der Waals surface area contributed by atoms with E-state index in [-0.39, 0.29) is 18.2 Å². The van der Waals surface area contributed by atoms with Gasteiger partial charge in [-0.1, -0.05) is 38.3 Å². The molecule has 0 unspecified atom stereocenters. The maximum absolute atomic E-state index is 12.1. The summed E-state index contributed by atoms with van der Waals surface area (Å²) in [5, 5.41) is 16.0. The van der Waals surface area contributed by atoms with Crippen LogP contribution in [-0.2, 0) is 4.79 Å². The highest BCUT2D eigenvalue weighted by atomic mass is 16.5. The first-order chi connectivity index (χ1) is 9.94. The molecule has 2 N–H and O–H groups in total. The number of carbonyl (C=O) groups excluding carboxylic acids is 1. The number of carbonyl (C=O) groups is 2. The average molecular weight is 294 g/mol. The Bertz CT molecular complexity index is 515. The van der Waals surface area contributed by atoms with Gasteiger partial charge in [-0.2, -0.15) is 0 Å². The molecule has 1 aliphatic rings. The van der Waals surface area contributed by atoms with Gasteiger partial charge in [-0.05, 0) is 18.8 Å². The van der Waals surface area contributed by atoms with Crippen molar-refractivity contribution in [2.24, 2.45) is 5.41 Å². The van der Waals surface area contributed by atoms with Gasteiger partial charge in [0.25, 0.3) is 5.91 Å². The van der Waals surface area contributed by atoms with Crippen LogP contribution in [-0.4, -0.2) is 28.7 Å². The Morgan fingerprint density at radius 3 is 2.57 bits per heavy atom. The van der Waals surface area contributed by atoms with Crippen LogP contribution in [0, 0.1) is 5.41 Å². The van der Waals surface area contributed by atoms with Crippen LogP contribution in [0.4, 0.5) is 0 Å². The molecule has 0 atom stereocenters. The molecule has 0 aromatic carbocycles. The summed E-state index contributed by atoms with van der Waals surface area (Å²) in [7, 11) is 0. The number of aliphatic carboxylic acids is 1. The molecule has 21 heavy (non-hydrogen) atoms. The highest BCUT2D eigenvalue weighted by Gasteiger charge is 2.40. The Labute approximate surface area is 123 Å². The molecule has 1 saturated carbocycles. The number of carboxylic acids is 1. The molecule has 0 bridgehead atoms. The Morgan fingerprint density at radius 1 is 1.38 bits per heavy atom. The summed E-state index contributed by atoms with van der Waals surface area (Å²) in [6.07, 6.45) is 4.05. The van der Waals surface area contributed by atoms with E-state index in [1.54, 1.807) is 6.07 Å². The average Bonchev–Trinajstić information content (AvgIpc) is 2.95. The third-order valence-corrected chi connectivity index (χ3v) is 4.20. The Balaban J connectivity index is 1.99. The van der Waals surface area contributed by atoms with E-state index in [1.807, 2.05) is 13.8 Å². The van der Waals surface area contributed by atoms with Gasteiger partial charge in [0.15, 0.2) is 0 Å². The summed E-state index contributed by atoms with van der Waals surface area (Å²) in [5.41, 5.74) is -0.125. The van der Waals surface area contributed by atoms with E-state index in [4.69, 9.17) is 4.52 Å². The molecule has 0 aliphatic heterocycles. The second-order valence-corrected chi connectivity index (χ2v) is 6.10. The van der Waals surface area contributed by atoms with Gasteiger partial charge in [0, 0.05) is 12.6 Å². The van der Waals surface area contributed by atoms with Gasteiger partial charge in [-0.3, -0.25) is 9.59 Å². The molecule has 6 heteroatoms. The van der Waals surface area contributed by atoms with Crippen LogP contribution in [0.2, 0.25) is 0 Å². The lowest BCUT2D eigenvalue weighted by Crippen LogP contribution is -2.44. The third-order valence-electron chi connectivity index (χ3n) is 4.20. The van der Waals surface area contributed by atoms with Crippen molar-refractivity contribution in [3.05, 3.63) is 17.5 Å². The fraction of sp³-hybridized carbons (Fsp3) is 0.667. The molecule has 6 nitrogen and oxygen atoms in total. The molecule has 1 amide bonds. The van der Waals surface area contributed by atoms with Crippen LogP contribution in [0.1, 0.15) is 68.1 Å². The Morgan fingerprint density at radius 2 is 2.05 bits per heavy atom. The maximum Gasteiger partial charge on any atom is 0.311 e. The SMILES string of the molecule is CC(C)c1cc(C(=O)NCC2(C(=O)O)CCCCC2)on1. The smallest absolute Gasteiger partial charge is 0.311 e. The molecule has 0 spiro atoms. The minimum absolute atomic E-state index is 0.134. The van der Waals surface area contributed by atoms with Crippen molar-refractivity contribution in [2.75, 3.05) is 6.54 Å². The third kappa shape index (κ3) is 3.43. The summed E-state index contributed by atoms with van der Waals surface area (Å²) in [5.74, 6) is -0.919. The first-order valence-corrected chi connectivity index (χ1v) is 7.43. The summed E-state index contributed by atoms with van der Waals surface area (Å²) < 4.78 is 5.01. The largest absolute Gasteiger partial charge is 0.481 e. The summed E-state index contributed by atoms with van der Waals surface area (Å²) in [4.78, 5) is 23.6. The van der Waals surface area contributed by atoms with Crippen molar-refractivity contribution in [2.45, 2.75) is 51.9 Å². The fourth-order valence-electron chi connectivity index (χ4n) is 2.70. The Kier molecular flexibility index (Phi) is 4.65. The van der Waals surface area contributed by atoms with Gasteiger partial charge in [-0.15, -0.1) is 0 Å². The minimum atomic E-state index is -0.838. The molecule has 0 saturated heterocycles. The zero-order valence-corrected chi connectivity index (χ0v) is 12.5. The van der Waals surface area contributed by atoms with E-state index in [1.165, 1.54) is 0 Å². The van der Waals surface area contributed by atoms with Crippen molar-refractivity contribution in [3.8, 4) is 0 Å². The first-order valence-electron chi connectivity index (χ1n) is 7.43. The van der Waals surface area contributed by atoms with E-state index in [0.29, 0.717) is 18.5 Å². The molecule has 2 rings (SSSR count). The molecule has 1 fully saturated rings. The predicted molar refractivity (Wildman–Crippen MR) is 76.1 cm³/mol. The van der Waals surface area contributed by atoms with Crippen LogP contribution in [0.5, 0.6) is 0 Å². The quantitative estimate of drug-likeness (QED) is 0.870. The second kappa shape index (κ2) is 6.28. The number of carboxylic acid groups (broad SMARTS) is 1. The lowest BCUT2D eigenvalue weighted by Gasteiger charge is -2.33. The monoisotopic (exact) mass is 294 g/mol. The number of nitrogens with zero attached hydrogens (tertiary/aromatic N) is 1. The fourth-order valence-corrected chi connectivity index (χ4v) is 2.70. The zero-order valence-electron chi connectivity index (χ0n) is 12.5. The van der Waals surface area contributed by atoms with Crippen molar-refractivity contribution in [3.63, 3.8) is 0 Å². The molecule has 1 aromatic heterocycles. The second-order valence-electron chi connectivity index (χ2n) is 6.10. The van der Waals surface area contributed by atoms with E-state index in [2.05, 4.69) is 10.5 Å². The number of hydrogen-bond donors (Lipinski definition) is 2. The Hall–Kier alpha value is -1.85. The summed E-state index contributed by atoms with van der Waals surface area (Å²) in [6, 6.07) is 1.61. The van der Waals surface area contributed by atoms with Gasteiger partial charge < -0.3 is 14.9 Å². The molecule has 1 aliphatic carbocycles. The van der Waals surface area contributed by atoms with E-state index < -0.39 is 17.3 Å². The van der Waals surface area contributed by atoms with E-state index >= 15 is 0 Å². The molecular weight excluding hydrogens is 272 g/mol. The first kappa shape index (κ1) is 15.5. The number of aromatic nitrogens is 1. The highest BCUT2D eigenvalue weighted by molar-refractivity contribution is 5.91. The number of hydrogen-bond acceptors (Lipinski definition) is 4. The normalized spacial score (nSPS) is 17.7. The van der Waals surface area contributed by atoms with Crippen molar-refractivity contribution in [1.82, 2.24) is 10.5 Å². The topological polar surface area (TPSA) is 92.4 Å². The molecule has 116 valence electrons. The van der Waals surface area contributed by atoms with E-state index in [9.17, 15) is 14.7 Å². The van der Waals surface area contributed by atoms with Crippen LogP contribution in [0.3, 0.4) is 0 Å². The zero-order chi connectivity index (χ0) is 15.5. The van der Waals surface area contributed by atoms with E-state index in [0.717, 1.165) is 19.3 Å². The standard InChI is InChI=1S/C15H22N2O4/c1-10(2)11-8-12(21-17-11)13(18)16-9-15(14(19)20)6-4-3-5-7-15/h8,10H,3-7,9H2,1-2H3,(H,16,18)(H,19,20). The van der Waals surface area contributed by atoms with Crippen LogP contribution >= 0.6 is 0 Å².